The molecule has 5 nitrogen and oxygen atoms in total. The molecule has 1 fully saturated rings. The van der Waals surface area contributed by atoms with Crippen molar-refractivity contribution >= 4 is 12.7 Å². The van der Waals surface area contributed by atoms with Crippen molar-refractivity contribution in [1.29, 1.82) is 5.26 Å². The van der Waals surface area contributed by atoms with E-state index in [0.29, 0.717) is 19.4 Å². The molecule has 0 bridgehead atoms. The molecule has 1 amide bonds. The molecule has 1 aliphatic rings. The van der Waals surface area contributed by atoms with Crippen molar-refractivity contribution in [1.82, 2.24) is 10.0 Å². The van der Waals surface area contributed by atoms with Crippen LogP contribution in [0.15, 0.2) is 0 Å². The van der Waals surface area contributed by atoms with Crippen molar-refractivity contribution in [3.05, 3.63) is 0 Å². The van der Waals surface area contributed by atoms with Crippen LogP contribution < -0.4 is 0 Å². The fourth-order valence-electron chi connectivity index (χ4n) is 1.48. The molecule has 1 rings (SSSR count). The van der Waals surface area contributed by atoms with Gasteiger partial charge in [0.05, 0.1) is 6.07 Å². The zero-order valence-corrected chi connectivity index (χ0v) is 7.38. The van der Waals surface area contributed by atoms with Crippen LogP contribution in [0.25, 0.3) is 0 Å². The van der Waals surface area contributed by atoms with E-state index in [4.69, 9.17) is 5.26 Å². The summed E-state index contributed by atoms with van der Waals surface area (Å²) in [5.41, 5.74) is 0. The molecule has 0 saturated carbocycles. The van der Waals surface area contributed by atoms with E-state index in [2.05, 4.69) is 6.07 Å². The Balaban J connectivity index is 2.69. The summed E-state index contributed by atoms with van der Waals surface area (Å²) < 4.78 is 0. The Morgan fingerprint density at radius 1 is 1.62 bits per heavy atom. The third-order valence-corrected chi connectivity index (χ3v) is 2.21. The number of nitrogens with zero attached hydrogens (tertiary/aromatic N) is 3. The first kappa shape index (κ1) is 9.68. The van der Waals surface area contributed by atoms with Crippen LogP contribution in [0.5, 0.6) is 0 Å². The van der Waals surface area contributed by atoms with Crippen molar-refractivity contribution in [2.24, 2.45) is 5.92 Å². The van der Waals surface area contributed by atoms with E-state index in [1.807, 2.05) is 0 Å². The maximum atomic E-state index is 10.5. The van der Waals surface area contributed by atoms with E-state index in [1.54, 1.807) is 12.1 Å². The molecule has 5 heteroatoms. The molecule has 0 aromatic rings. The molecule has 1 saturated heterocycles. The average molecular weight is 181 g/mol. The maximum absolute atomic E-state index is 10.5. The van der Waals surface area contributed by atoms with Gasteiger partial charge in [0, 0.05) is 19.5 Å². The van der Waals surface area contributed by atoms with E-state index >= 15 is 0 Å². The lowest BCUT2D eigenvalue weighted by Gasteiger charge is -2.26. The third kappa shape index (κ3) is 1.84. The molecule has 0 aliphatic carbocycles. The van der Waals surface area contributed by atoms with Crippen LogP contribution >= 0.6 is 0 Å². The molecule has 0 aromatic carbocycles. The molecule has 0 radical (unpaired) electrons. The second kappa shape index (κ2) is 4.01. The fourth-order valence-corrected chi connectivity index (χ4v) is 1.48. The summed E-state index contributed by atoms with van der Waals surface area (Å²) in [7, 11) is 1.57. The maximum Gasteiger partial charge on any atom is 0.223 e. The highest BCUT2D eigenvalue weighted by atomic mass is 16.1. The van der Waals surface area contributed by atoms with Crippen LogP contribution in [0.4, 0.5) is 0 Å². The number of rotatable bonds is 3. The van der Waals surface area contributed by atoms with Gasteiger partial charge in [-0.1, -0.05) is 0 Å². The summed E-state index contributed by atoms with van der Waals surface area (Å²) in [5.74, 6) is -0.132. The monoisotopic (exact) mass is 181 g/mol. The SMILES string of the molecule is CN(C=O)N1CC(C=O)CC1C#N. The number of hydrogen-bond acceptors (Lipinski definition) is 4. The van der Waals surface area contributed by atoms with Gasteiger partial charge in [0.1, 0.15) is 12.3 Å². The molecule has 0 N–H and O–H groups in total. The Labute approximate surface area is 76.5 Å². The summed E-state index contributed by atoms with van der Waals surface area (Å²) in [6, 6.07) is 1.70. The van der Waals surface area contributed by atoms with Crippen LogP contribution in [0.3, 0.4) is 0 Å². The molecule has 1 heterocycles. The summed E-state index contributed by atoms with van der Waals surface area (Å²) in [6.45, 7) is 0.455. The van der Waals surface area contributed by atoms with Crippen molar-refractivity contribution in [2.75, 3.05) is 13.6 Å². The van der Waals surface area contributed by atoms with E-state index in [9.17, 15) is 9.59 Å². The average Bonchev–Trinajstić information content (AvgIpc) is 2.59. The number of amides is 1. The van der Waals surface area contributed by atoms with Gasteiger partial charge in [0.2, 0.25) is 6.41 Å². The standard InChI is InChI=1S/C8H11N3O2/c1-10(6-13)11-4-7(5-12)2-8(11)3-9/h5-8H,2,4H2,1H3. The molecule has 70 valence electrons. The second-order valence-electron chi connectivity index (χ2n) is 3.08. The largest absolute Gasteiger partial charge is 0.303 e. The topological polar surface area (TPSA) is 64.4 Å². The van der Waals surface area contributed by atoms with E-state index < -0.39 is 0 Å². The molecule has 1 aliphatic heterocycles. The van der Waals surface area contributed by atoms with Gasteiger partial charge in [-0.05, 0) is 6.42 Å². The zero-order chi connectivity index (χ0) is 9.84. The van der Waals surface area contributed by atoms with E-state index in [0.717, 1.165) is 6.29 Å². The summed E-state index contributed by atoms with van der Waals surface area (Å²) >= 11 is 0. The predicted molar refractivity (Wildman–Crippen MR) is 44.1 cm³/mol. The molecule has 2 atom stereocenters. The van der Waals surface area contributed by atoms with Gasteiger partial charge >= 0.3 is 0 Å². The molecule has 13 heavy (non-hydrogen) atoms. The molecular formula is C8H11N3O2. The number of carbonyl (C=O) groups is 2. The molecule has 0 aromatic heterocycles. The number of aldehydes is 1. The van der Waals surface area contributed by atoms with Crippen molar-refractivity contribution in [3.63, 3.8) is 0 Å². The van der Waals surface area contributed by atoms with Gasteiger partial charge in [-0.2, -0.15) is 5.26 Å². The van der Waals surface area contributed by atoms with Crippen LogP contribution in [0.2, 0.25) is 0 Å². The van der Waals surface area contributed by atoms with E-state index in [1.165, 1.54) is 5.01 Å². The Hall–Kier alpha value is -1.41. The first-order valence-corrected chi connectivity index (χ1v) is 4.02. The minimum atomic E-state index is -0.356. The minimum Gasteiger partial charge on any atom is -0.303 e. The quantitative estimate of drug-likeness (QED) is 0.545. The third-order valence-electron chi connectivity index (χ3n) is 2.21. The number of nitriles is 1. The fraction of sp³-hybridized carbons (Fsp3) is 0.625. The van der Waals surface area contributed by atoms with Crippen molar-refractivity contribution in [3.8, 4) is 6.07 Å². The lowest BCUT2D eigenvalue weighted by molar-refractivity contribution is -0.131. The summed E-state index contributed by atoms with van der Waals surface area (Å²) in [4.78, 5) is 20.9. The molecular weight excluding hydrogens is 170 g/mol. The van der Waals surface area contributed by atoms with Gasteiger partial charge in [-0.3, -0.25) is 9.80 Å². The number of hydrogen-bond donors (Lipinski definition) is 0. The van der Waals surface area contributed by atoms with Gasteiger partial charge in [0.25, 0.3) is 0 Å². The summed E-state index contributed by atoms with van der Waals surface area (Å²) in [5, 5.41) is 11.7. The lowest BCUT2D eigenvalue weighted by atomic mass is 10.1. The lowest BCUT2D eigenvalue weighted by Crippen LogP contribution is -2.41. The Bertz CT molecular complexity index is 248. The highest BCUT2D eigenvalue weighted by molar-refractivity contribution is 5.55. The Morgan fingerprint density at radius 2 is 2.31 bits per heavy atom. The van der Waals surface area contributed by atoms with Crippen molar-refractivity contribution < 1.29 is 9.59 Å². The van der Waals surface area contributed by atoms with Crippen LogP contribution in [-0.2, 0) is 9.59 Å². The second-order valence-corrected chi connectivity index (χ2v) is 3.08. The van der Waals surface area contributed by atoms with Crippen molar-refractivity contribution in [2.45, 2.75) is 12.5 Å². The predicted octanol–water partition coefficient (Wildman–Crippen LogP) is -0.597. The van der Waals surface area contributed by atoms with Crippen LogP contribution in [0.1, 0.15) is 6.42 Å². The van der Waals surface area contributed by atoms with Crippen LogP contribution in [-0.4, -0.2) is 42.3 Å². The van der Waals surface area contributed by atoms with Crippen LogP contribution in [0, 0.1) is 17.2 Å². The first-order chi connectivity index (χ1) is 6.22. The van der Waals surface area contributed by atoms with Gasteiger partial charge < -0.3 is 4.79 Å². The first-order valence-electron chi connectivity index (χ1n) is 4.02. The highest BCUT2D eigenvalue weighted by Gasteiger charge is 2.33. The van der Waals surface area contributed by atoms with Gasteiger partial charge in [-0.15, -0.1) is 0 Å². The van der Waals surface area contributed by atoms with E-state index in [-0.39, 0.29) is 12.0 Å². The number of carbonyl (C=O) groups excluding carboxylic acids is 2. The van der Waals surface area contributed by atoms with Gasteiger partial charge in [0.15, 0.2) is 0 Å². The molecule has 2 unspecified atom stereocenters. The Kier molecular flexibility index (Phi) is 2.98. The smallest absolute Gasteiger partial charge is 0.223 e. The normalized spacial score (nSPS) is 28.0. The minimum absolute atomic E-state index is 0.132. The Morgan fingerprint density at radius 3 is 2.77 bits per heavy atom. The highest BCUT2D eigenvalue weighted by Crippen LogP contribution is 2.21. The summed E-state index contributed by atoms with van der Waals surface area (Å²) in [6.07, 6.45) is 1.98. The molecule has 0 spiro atoms. The zero-order valence-electron chi connectivity index (χ0n) is 7.38. The number of hydrazine groups is 1. The van der Waals surface area contributed by atoms with Gasteiger partial charge in [-0.25, -0.2) is 5.01 Å².